The fourth-order valence-corrected chi connectivity index (χ4v) is 3.08. The molecule has 4 N–H and O–H groups in total. The number of phenolic OH excluding ortho intramolecular Hbond substituents is 2. The van der Waals surface area contributed by atoms with Crippen LogP contribution >= 0.6 is 11.3 Å². The Balaban J connectivity index is 2.65. The lowest BCUT2D eigenvalue weighted by atomic mass is 10.1. The second-order valence-electron chi connectivity index (χ2n) is 3.96. The van der Waals surface area contributed by atoms with Crippen LogP contribution in [0, 0.1) is 0 Å². The molecule has 0 saturated carbocycles. The molecule has 0 bridgehead atoms. The standard InChI is InChI=1S/C13H9NO3S/c14-7-5-9-10(13(17)12(7)16)11(15)6-3-1-2-4-8(6)18-9/h1-5,16-17H,14H2. The van der Waals surface area contributed by atoms with Gasteiger partial charge in [0, 0.05) is 14.8 Å². The minimum Gasteiger partial charge on any atom is -0.504 e. The van der Waals surface area contributed by atoms with Crippen molar-refractivity contribution < 1.29 is 10.2 Å². The molecule has 0 atom stereocenters. The highest BCUT2D eigenvalue weighted by atomic mass is 32.1. The van der Waals surface area contributed by atoms with Gasteiger partial charge in [0.15, 0.2) is 16.9 Å². The zero-order valence-electron chi connectivity index (χ0n) is 9.18. The lowest BCUT2D eigenvalue weighted by Crippen LogP contribution is -2.02. The average molecular weight is 259 g/mol. The van der Waals surface area contributed by atoms with Gasteiger partial charge in [0.05, 0.1) is 11.1 Å². The highest BCUT2D eigenvalue weighted by Gasteiger charge is 2.15. The number of anilines is 1. The Morgan fingerprint density at radius 2 is 1.78 bits per heavy atom. The summed E-state index contributed by atoms with van der Waals surface area (Å²) in [5, 5.41) is 20.1. The van der Waals surface area contributed by atoms with Crippen molar-refractivity contribution in [1.29, 1.82) is 0 Å². The molecule has 0 amide bonds. The van der Waals surface area contributed by atoms with Gasteiger partial charge in [-0.3, -0.25) is 4.79 Å². The monoisotopic (exact) mass is 259 g/mol. The number of nitrogen functional groups attached to an aromatic ring is 1. The van der Waals surface area contributed by atoms with Crippen LogP contribution in [0.5, 0.6) is 11.5 Å². The van der Waals surface area contributed by atoms with E-state index in [1.54, 1.807) is 12.1 Å². The SMILES string of the molecule is Nc1cc2sc3ccccc3c(=O)c2c(O)c1O. The van der Waals surface area contributed by atoms with Crippen molar-refractivity contribution in [3.63, 3.8) is 0 Å². The molecule has 0 aliphatic carbocycles. The normalized spacial score (nSPS) is 11.1. The summed E-state index contributed by atoms with van der Waals surface area (Å²) in [4.78, 5) is 12.3. The van der Waals surface area contributed by atoms with Gasteiger partial charge in [-0.1, -0.05) is 12.1 Å². The van der Waals surface area contributed by atoms with Crippen LogP contribution in [-0.2, 0) is 0 Å². The highest BCUT2D eigenvalue weighted by Crippen LogP contribution is 2.39. The quantitative estimate of drug-likeness (QED) is 0.329. The smallest absolute Gasteiger partial charge is 0.199 e. The van der Waals surface area contributed by atoms with Crippen LogP contribution in [0.4, 0.5) is 5.69 Å². The second-order valence-corrected chi connectivity index (χ2v) is 5.05. The summed E-state index contributed by atoms with van der Waals surface area (Å²) in [6.45, 7) is 0. The van der Waals surface area contributed by atoms with Gasteiger partial charge in [-0.05, 0) is 18.2 Å². The zero-order chi connectivity index (χ0) is 12.9. The molecule has 0 spiro atoms. The van der Waals surface area contributed by atoms with Crippen LogP contribution in [0.15, 0.2) is 35.1 Å². The molecule has 5 heteroatoms. The Morgan fingerprint density at radius 1 is 1.06 bits per heavy atom. The molecule has 0 radical (unpaired) electrons. The van der Waals surface area contributed by atoms with Crippen molar-refractivity contribution in [2.24, 2.45) is 0 Å². The third-order valence-electron chi connectivity index (χ3n) is 2.85. The molecule has 4 nitrogen and oxygen atoms in total. The van der Waals surface area contributed by atoms with Gasteiger partial charge in [-0.15, -0.1) is 11.3 Å². The molecule has 18 heavy (non-hydrogen) atoms. The van der Waals surface area contributed by atoms with Crippen molar-refractivity contribution in [3.8, 4) is 11.5 Å². The van der Waals surface area contributed by atoms with Crippen LogP contribution < -0.4 is 11.2 Å². The molecule has 2 aromatic carbocycles. The molecule has 0 fully saturated rings. The first kappa shape index (κ1) is 10.9. The van der Waals surface area contributed by atoms with Crippen LogP contribution in [0.25, 0.3) is 20.2 Å². The Bertz CT molecular complexity index is 839. The van der Waals surface area contributed by atoms with Crippen molar-refractivity contribution >= 4 is 37.2 Å². The third-order valence-corrected chi connectivity index (χ3v) is 3.96. The van der Waals surface area contributed by atoms with Crippen LogP contribution in [0.1, 0.15) is 0 Å². The molecule has 3 aromatic rings. The van der Waals surface area contributed by atoms with Gasteiger partial charge in [0.1, 0.15) is 0 Å². The Labute approximate surface area is 106 Å². The summed E-state index contributed by atoms with van der Waals surface area (Å²) in [7, 11) is 0. The number of nitrogens with two attached hydrogens (primary N) is 1. The number of phenols is 2. The summed E-state index contributed by atoms with van der Waals surface area (Å²) >= 11 is 1.35. The van der Waals surface area contributed by atoms with Gasteiger partial charge < -0.3 is 15.9 Å². The van der Waals surface area contributed by atoms with Crippen LogP contribution in [0.3, 0.4) is 0 Å². The highest BCUT2D eigenvalue weighted by molar-refractivity contribution is 7.24. The van der Waals surface area contributed by atoms with E-state index in [-0.39, 0.29) is 16.5 Å². The van der Waals surface area contributed by atoms with Crippen molar-refractivity contribution in [1.82, 2.24) is 0 Å². The second kappa shape index (κ2) is 3.61. The summed E-state index contributed by atoms with van der Waals surface area (Å²) < 4.78 is 1.38. The molecule has 0 aliphatic rings. The third kappa shape index (κ3) is 1.34. The maximum atomic E-state index is 12.3. The number of fused-ring (bicyclic) bond motifs is 2. The number of rotatable bonds is 0. The van der Waals surface area contributed by atoms with Gasteiger partial charge in [0.2, 0.25) is 0 Å². The van der Waals surface area contributed by atoms with E-state index in [0.29, 0.717) is 10.1 Å². The van der Waals surface area contributed by atoms with E-state index < -0.39 is 11.5 Å². The fourth-order valence-electron chi connectivity index (χ4n) is 1.95. The maximum absolute atomic E-state index is 12.3. The largest absolute Gasteiger partial charge is 0.504 e. The summed E-state index contributed by atoms with van der Waals surface area (Å²) in [5.74, 6) is -0.890. The molecule has 0 unspecified atom stereocenters. The molecule has 1 heterocycles. The van der Waals surface area contributed by atoms with E-state index in [0.717, 1.165) is 4.70 Å². The van der Waals surface area contributed by atoms with Crippen LogP contribution in [0.2, 0.25) is 0 Å². The van der Waals surface area contributed by atoms with Crippen molar-refractivity contribution in [3.05, 3.63) is 40.6 Å². The van der Waals surface area contributed by atoms with Gasteiger partial charge in [0.25, 0.3) is 0 Å². The van der Waals surface area contributed by atoms with E-state index in [9.17, 15) is 15.0 Å². The molecular weight excluding hydrogens is 250 g/mol. The van der Waals surface area contributed by atoms with E-state index in [2.05, 4.69) is 0 Å². The van der Waals surface area contributed by atoms with Gasteiger partial charge in [-0.25, -0.2) is 0 Å². The number of benzene rings is 2. The number of aromatic hydroxyl groups is 2. The first-order valence-electron chi connectivity index (χ1n) is 5.25. The summed E-state index contributed by atoms with van der Waals surface area (Å²) in [5.41, 5.74) is 5.34. The van der Waals surface area contributed by atoms with Crippen molar-refractivity contribution in [2.75, 3.05) is 5.73 Å². The van der Waals surface area contributed by atoms with E-state index in [1.165, 1.54) is 17.4 Å². The van der Waals surface area contributed by atoms with E-state index in [1.807, 2.05) is 12.1 Å². The van der Waals surface area contributed by atoms with Crippen LogP contribution in [-0.4, -0.2) is 10.2 Å². The minimum atomic E-state index is -0.447. The van der Waals surface area contributed by atoms with Crippen molar-refractivity contribution in [2.45, 2.75) is 0 Å². The molecule has 3 rings (SSSR count). The summed E-state index contributed by atoms with van der Waals surface area (Å²) in [6.07, 6.45) is 0. The first-order valence-corrected chi connectivity index (χ1v) is 6.07. The predicted molar refractivity (Wildman–Crippen MR) is 73.3 cm³/mol. The first-order chi connectivity index (χ1) is 8.59. The number of hydrogen-bond acceptors (Lipinski definition) is 5. The molecule has 90 valence electrons. The Kier molecular flexibility index (Phi) is 2.18. The topological polar surface area (TPSA) is 83.6 Å². The maximum Gasteiger partial charge on any atom is 0.199 e. The molecule has 1 aromatic heterocycles. The molecule has 0 saturated heterocycles. The lowest BCUT2D eigenvalue weighted by molar-refractivity contribution is 0.410. The van der Waals surface area contributed by atoms with E-state index in [4.69, 9.17) is 5.73 Å². The summed E-state index contributed by atoms with van der Waals surface area (Å²) in [6, 6.07) is 8.63. The predicted octanol–water partition coefficient (Wildman–Crippen LogP) is 2.41. The average Bonchev–Trinajstić information content (AvgIpc) is 2.36. The molecule has 0 aliphatic heterocycles. The lowest BCUT2D eigenvalue weighted by Gasteiger charge is -2.06. The number of hydrogen-bond donors (Lipinski definition) is 3. The Hall–Kier alpha value is -2.27. The zero-order valence-corrected chi connectivity index (χ0v) is 9.99. The van der Waals surface area contributed by atoms with Gasteiger partial charge in [-0.2, -0.15) is 0 Å². The van der Waals surface area contributed by atoms with E-state index >= 15 is 0 Å². The molecular formula is C13H9NO3S. The minimum absolute atomic E-state index is 0.0610. The van der Waals surface area contributed by atoms with Gasteiger partial charge >= 0.3 is 0 Å². The fraction of sp³-hybridized carbons (Fsp3) is 0. The Morgan fingerprint density at radius 3 is 2.56 bits per heavy atom.